The molecular formula is C10H8F2N4O3. The zero-order valence-electron chi connectivity index (χ0n) is 9.38. The Hall–Kier alpha value is -2.58. The number of carboxylic acids is 1. The van der Waals surface area contributed by atoms with Gasteiger partial charge in [-0.3, -0.25) is 0 Å². The third-order valence-corrected chi connectivity index (χ3v) is 2.10. The number of carbonyl (C=O) groups is 1. The molecular weight excluding hydrogens is 262 g/mol. The van der Waals surface area contributed by atoms with E-state index in [1.807, 2.05) is 0 Å². The molecule has 2 heterocycles. The maximum Gasteiger partial charge on any atom is 0.354 e. The van der Waals surface area contributed by atoms with Crippen molar-refractivity contribution in [2.24, 2.45) is 0 Å². The summed E-state index contributed by atoms with van der Waals surface area (Å²) in [6.45, 7) is 0.0167. The first-order valence-electron chi connectivity index (χ1n) is 5.10. The molecule has 2 N–H and O–H groups in total. The van der Waals surface area contributed by atoms with Crippen LogP contribution in [0.25, 0.3) is 0 Å². The van der Waals surface area contributed by atoms with Gasteiger partial charge in [-0.05, 0) is 6.07 Å². The molecule has 0 unspecified atom stereocenters. The second-order valence-corrected chi connectivity index (χ2v) is 3.44. The summed E-state index contributed by atoms with van der Waals surface area (Å²) in [5.41, 5.74) is -0.639. The molecule has 0 saturated carbocycles. The van der Waals surface area contributed by atoms with Gasteiger partial charge in [-0.2, -0.15) is 0 Å². The lowest BCUT2D eigenvalue weighted by Crippen LogP contribution is -2.07. The highest BCUT2D eigenvalue weighted by molar-refractivity contribution is 5.85. The van der Waals surface area contributed by atoms with Crippen molar-refractivity contribution in [3.05, 3.63) is 35.5 Å². The summed E-state index contributed by atoms with van der Waals surface area (Å²) in [6.07, 6.45) is -1.44. The average molecular weight is 270 g/mol. The van der Waals surface area contributed by atoms with E-state index in [0.717, 1.165) is 6.07 Å². The SMILES string of the molecule is O=C(O)c1ccnc(NCc2cc(C(F)F)no2)n1. The fourth-order valence-electron chi connectivity index (χ4n) is 1.24. The molecule has 0 radical (unpaired) electrons. The Morgan fingerprint density at radius 3 is 2.95 bits per heavy atom. The number of halogens is 2. The zero-order chi connectivity index (χ0) is 13.8. The Labute approximate surface area is 105 Å². The number of nitrogens with zero attached hydrogens (tertiary/aromatic N) is 3. The van der Waals surface area contributed by atoms with Gasteiger partial charge < -0.3 is 14.9 Å². The van der Waals surface area contributed by atoms with Crippen LogP contribution in [-0.4, -0.2) is 26.2 Å². The van der Waals surface area contributed by atoms with Gasteiger partial charge in [-0.25, -0.2) is 23.5 Å². The van der Waals surface area contributed by atoms with E-state index in [1.165, 1.54) is 12.3 Å². The van der Waals surface area contributed by atoms with E-state index in [2.05, 4.69) is 25.0 Å². The van der Waals surface area contributed by atoms with Gasteiger partial charge in [0, 0.05) is 12.3 Å². The van der Waals surface area contributed by atoms with Crippen LogP contribution < -0.4 is 5.32 Å². The van der Waals surface area contributed by atoms with Gasteiger partial charge >= 0.3 is 5.97 Å². The summed E-state index contributed by atoms with van der Waals surface area (Å²) in [7, 11) is 0. The summed E-state index contributed by atoms with van der Waals surface area (Å²) in [5, 5.41) is 14.5. The number of hydrogen-bond acceptors (Lipinski definition) is 6. The van der Waals surface area contributed by atoms with Gasteiger partial charge in [0.15, 0.2) is 11.5 Å². The van der Waals surface area contributed by atoms with E-state index in [0.29, 0.717) is 0 Å². The molecule has 0 aromatic carbocycles. The van der Waals surface area contributed by atoms with E-state index in [1.54, 1.807) is 0 Å². The Kier molecular flexibility index (Phi) is 3.64. The van der Waals surface area contributed by atoms with Crippen LogP contribution in [0.4, 0.5) is 14.7 Å². The molecule has 0 aliphatic rings. The number of aromatic carboxylic acids is 1. The quantitative estimate of drug-likeness (QED) is 0.852. The lowest BCUT2D eigenvalue weighted by Gasteiger charge is -2.01. The first-order chi connectivity index (χ1) is 9.06. The first-order valence-corrected chi connectivity index (χ1v) is 5.10. The number of nitrogens with one attached hydrogen (secondary N) is 1. The number of alkyl halides is 2. The topological polar surface area (TPSA) is 101 Å². The molecule has 100 valence electrons. The van der Waals surface area contributed by atoms with Crippen LogP contribution in [0.2, 0.25) is 0 Å². The fourth-order valence-corrected chi connectivity index (χ4v) is 1.24. The van der Waals surface area contributed by atoms with Crippen LogP contribution in [0, 0.1) is 0 Å². The van der Waals surface area contributed by atoms with E-state index < -0.39 is 18.1 Å². The van der Waals surface area contributed by atoms with E-state index in [-0.39, 0.29) is 23.9 Å². The molecule has 0 spiro atoms. The Morgan fingerprint density at radius 2 is 2.32 bits per heavy atom. The molecule has 0 amide bonds. The van der Waals surface area contributed by atoms with Gasteiger partial charge in [0.2, 0.25) is 5.95 Å². The number of rotatable bonds is 5. The molecule has 9 heteroatoms. The predicted molar refractivity (Wildman–Crippen MR) is 57.8 cm³/mol. The third kappa shape index (κ3) is 3.21. The molecule has 0 aliphatic heterocycles. The van der Waals surface area contributed by atoms with Crippen molar-refractivity contribution < 1.29 is 23.2 Å². The molecule has 2 aromatic rings. The van der Waals surface area contributed by atoms with Crippen molar-refractivity contribution in [2.75, 3.05) is 5.32 Å². The van der Waals surface area contributed by atoms with Crippen molar-refractivity contribution in [1.29, 1.82) is 0 Å². The Balaban J connectivity index is 2.01. The van der Waals surface area contributed by atoms with Gasteiger partial charge in [0.05, 0.1) is 6.54 Å². The molecule has 0 atom stereocenters. The van der Waals surface area contributed by atoms with Gasteiger partial charge in [0.1, 0.15) is 5.69 Å². The minimum Gasteiger partial charge on any atom is -0.477 e. The lowest BCUT2D eigenvalue weighted by molar-refractivity contribution is 0.0690. The van der Waals surface area contributed by atoms with Crippen molar-refractivity contribution in [3.8, 4) is 0 Å². The van der Waals surface area contributed by atoms with Crippen molar-refractivity contribution in [2.45, 2.75) is 13.0 Å². The van der Waals surface area contributed by atoms with Crippen LogP contribution >= 0.6 is 0 Å². The summed E-state index contributed by atoms with van der Waals surface area (Å²) in [4.78, 5) is 18.2. The summed E-state index contributed by atoms with van der Waals surface area (Å²) in [6, 6.07) is 2.33. The molecule has 0 bridgehead atoms. The first kappa shape index (κ1) is 12.9. The van der Waals surface area contributed by atoms with Gasteiger partial charge in [-0.15, -0.1) is 0 Å². The average Bonchev–Trinajstić information content (AvgIpc) is 2.85. The molecule has 2 rings (SSSR count). The van der Waals surface area contributed by atoms with Crippen LogP contribution in [0.3, 0.4) is 0 Å². The lowest BCUT2D eigenvalue weighted by atomic mass is 10.3. The Bertz CT molecular complexity index is 588. The maximum absolute atomic E-state index is 12.3. The molecule has 2 aromatic heterocycles. The summed E-state index contributed by atoms with van der Waals surface area (Å²) in [5.74, 6) is -0.973. The van der Waals surface area contributed by atoms with E-state index in [9.17, 15) is 13.6 Å². The zero-order valence-corrected chi connectivity index (χ0v) is 9.38. The predicted octanol–water partition coefficient (Wildman–Crippen LogP) is 1.71. The molecule has 0 aliphatic carbocycles. The van der Waals surface area contributed by atoms with Gasteiger partial charge in [-0.1, -0.05) is 5.16 Å². The minimum atomic E-state index is -2.70. The van der Waals surface area contributed by atoms with Crippen molar-refractivity contribution in [1.82, 2.24) is 15.1 Å². The van der Waals surface area contributed by atoms with Crippen LogP contribution in [0.5, 0.6) is 0 Å². The highest BCUT2D eigenvalue weighted by Crippen LogP contribution is 2.18. The number of anilines is 1. The Morgan fingerprint density at radius 1 is 1.53 bits per heavy atom. The molecule has 19 heavy (non-hydrogen) atoms. The standard InChI is InChI=1S/C10H8F2N4O3/c11-8(12)7-3-5(19-16-7)4-14-10-13-2-1-6(15-10)9(17)18/h1-3,8H,4H2,(H,17,18)(H,13,14,15). The number of hydrogen-bond donors (Lipinski definition) is 2. The summed E-state index contributed by atoms with van der Waals surface area (Å²) >= 11 is 0. The largest absolute Gasteiger partial charge is 0.477 e. The second-order valence-electron chi connectivity index (χ2n) is 3.44. The normalized spacial score (nSPS) is 10.7. The second kappa shape index (κ2) is 5.38. The van der Waals surface area contributed by atoms with Crippen molar-refractivity contribution >= 4 is 11.9 Å². The van der Waals surface area contributed by atoms with Crippen LogP contribution in [0.1, 0.15) is 28.4 Å². The molecule has 7 nitrogen and oxygen atoms in total. The van der Waals surface area contributed by atoms with Crippen LogP contribution in [0.15, 0.2) is 22.9 Å². The van der Waals surface area contributed by atoms with Crippen LogP contribution in [-0.2, 0) is 6.54 Å². The molecule has 0 fully saturated rings. The number of carboxylic acid groups (broad SMARTS) is 1. The van der Waals surface area contributed by atoms with Crippen molar-refractivity contribution in [3.63, 3.8) is 0 Å². The van der Waals surface area contributed by atoms with Gasteiger partial charge in [0.25, 0.3) is 6.43 Å². The smallest absolute Gasteiger partial charge is 0.354 e. The fraction of sp³-hybridized carbons (Fsp3) is 0.200. The highest BCUT2D eigenvalue weighted by atomic mass is 19.3. The van der Waals surface area contributed by atoms with E-state index >= 15 is 0 Å². The monoisotopic (exact) mass is 270 g/mol. The maximum atomic E-state index is 12.3. The minimum absolute atomic E-state index is 0.0167. The molecule has 0 saturated heterocycles. The highest BCUT2D eigenvalue weighted by Gasteiger charge is 2.13. The summed E-state index contributed by atoms with van der Waals surface area (Å²) < 4.78 is 29.2. The third-order valence-electron chi connectivity index (χ3n) is 2.10. The van der Waals surface area contributed by atoms with E-state index in [4.69, 9.17) is 5.11 Å². The number of aromatic nitrogens is 3.